The Morgan fingerprint density at radius 3 is 2.81 bits per heavy atom. The topological polar surface area (TPSA) is 42.2 Å². The number of likely N-dealkylation sites (tertiary alicyclic amines) is 1. The van der Waals surface area contributed by atoms with Crippen LogP contribution in [0.25, 0.3) is 0 Å². The minimum atomic E-state index is 0.739. The third-order valence-corrected chi connectivity index (χ3v) is 3.28. The monoisotopic (exact) mass is 223 g/mol. The van der Waals surface area contributed by atoms with Gasteiger partial charge in [-0.15, -0.1) is 0 Å². The van der Waals surface area contributed by atoms with Crippen molar-refractivity contribution in [1.29, 1.82) is 0 Å². The van der Waals surface area contributed by atoms with Crippen LogP contribution in [0.2, 0.25) is 0 Å². The van der Waals surface area contributed by atoms with Crippen LogP contribution in [-0.2, 0) is 12.8 Å². The zero-order valence-corrected chi connectivity index (χ0v) is 10.3. The minimum Gasteiger partial charge on any atom is -0.339 e. The van der Waals surface area contributed by atoms with Crippen molar-refractivity contribution in [2.45, 2.75) is 39.0 Å². The molecule has 1 aliphatic heterocycles. The standard InChI is InChI=1S/C12H21N3O/c1-3-4-12-13-11(14-16-12)9-10-5-7-15(2)8-6-10/h10H,3-9H2,1-2H3. The van der Waals surface area contributed by atoms with Crippen LogP contribution in [0.3, 0.4) is 0 Å². The molecule has 0 aliphatic carbocycles. The summed E-state index contributed by atoms with van der Waals surface area (Å²) in [4.78, 5) is 6.81. The molecule has 1 saturated heterocycles. The Labute approximate surface area is 97.0 Å². The summed E-state index contributed by atoms with van der Waals surface area (Å²) >= 11 is 0. The molecule has 0 saturated carbocycles. The van der Waals surface area contributed by atoms with Crippen molar-refractivity contribution in [2.24, 2.45) is 5.92 Å². The molecule has 2 heterocycles. The summed E-state index contributed by atoms with van der Waals surface area (Å²) in [6.07, 6.45) is 5.47. The third-order valence-electron chi connectivity index (χ3n) is 3.28. The Bertz CT molecular complexity index is 316. The van der Waals surface area contributed by atoms with Gasteiger partial charge in [-0.3, -0.25) is 0 Å². The van der Waals surface area contributed by atoms with Gasteiger partial charge in [0.15, 0.2) is 5.82 Å². The van der Waals surface area contributed by atoms with E-state index in [2.05, 4.69) is 29.0 Å². The van der Waals surface area contributed by atoms with Gasteiger partial charge in [0.05, 0.1) is 0 Å². The van der Waals surface area contributed by atoms with E-state index < -0.39 is 0 Å². The van der Waals surface area contributed by atoms with Crippen molar-refractivity contribution in [1.82, 2.24) is 15.0 Å². The summed E-state index contributed by atoms with van der Waals surface area (Å²) in [6.45, 7) is 4.52. The van der Waals surface area contributed by atoms with Crippen LogP contribution in [0.15, 0.2) is 4.52 Å². The van der Waals surface area contributed by atoms with Gasteiger partial charge in [-0.2, -0.15) is 4.98 Å². The van der Waals surface area contributed by atoms with Gasteiger partial charge >= 0.3 is 0 Å². The molecule has 0 spiro atoms. The lowest BCUT2D eigenvalue weighted by atomic mass is 9.94. The molecule has 1 fully saturated rings. The first-order valence-corrected chi connectivity index (χ1v) is 6.28. The van der Waals surface area contributed by atoms with E-state index in [4.69, 9.17) is 4.52 Å². The summed E-state index contributed by atoms with van der Waals surface area (Å²) < 4.78 is 5.20. The smallest absolute Gasteiger partial charge is 0.226 e. The molecule has 0 atom stereocenters. The molecule has 2 rings (SSSR count). The normalized spacial score (nSPS) is 19.1. The second-order valence-electron chi connectivity index (χ2n) is 4.81. The van der Waals surface area contributed by atoms with E-state index in [0.717, 1.165) is 36.9 Å². The molecule has 0 aromatic carbocycles. The zero-order valence-electron chi connectivity index (χ0n) is 10.3. The summed E-state index contributed by atoms with van der Waals surface area (Å²) in [5, 5.41) is 4.05. The predicted octanol–water partition coefficient (Wildman–Crippen LogP) is 1.91. The molecule has 1 aromatic rings. The quantitative estimate of drug-likeness (QED) is 0.782. The molecule has 1 aliphatic rings. The SMILES string of the molecule is CCCc1nc(CC2CCN(C)CC2)no1. The molecule has 0 unspecified atom stereocenters. The number of nitrogens with zero attached hydrogens (tertiary/aromatic N) is 3. The fraction of sp³-hybridized carbons (Fsp3) is 0.833. The van der Waals surface area contributed by atoms with Crippen molar-refractivity contribution in [3.8, 4) is 0 Å². The van der Waals surface area contributed by atoms with Crippen LogP contribution in [0.4, 0.5) is 0 Å². The van der Waals surface area contributed by atoms with Crippen molar-refractivity contribution in [2.75, 3.05) is 20.1 Å². The van der Waals surface area contributed by atoms with Gasteiger partial charge in [0.1, 0.15) is 0 Å². The first-order valence-electron chi connectivity index (χ1n) is 6.28. The summed E-state index contributed by atoms with van der Waals surface area (Å²) in [5.74, 6) is 2.44. The van der Waals surface area contributed by atoms with Gasteiger partial charge in [-0.25, -0.2) is 0 Å². The fourth-order valence-corrected chi connectivity index (χ4v) is 2.21. The Morgan fingerprint density at radius 2 is 2.12 bits per heavy atom. The molecule has 0 bridgehead atoms. The Balaban J connectivity index is 1.83. The van der Waals surface area contributed by atoms with Crippen LogP contribution in [-0.4, -0.2) is 35.2 Å². The number of aryl methyl sites for hydroxylation is 1. The Kier molecular flexibility index (Phi) is 3.93. The molecule has 0 amide bonds. The van der Waals surface area contributed by atoms with Crippen molar-refractivity contribution in [3.63, 3.8) is 0 Å². The maximum atomic E-state index is 5.20. The van der Waals surface area contributed by atoms with Gasteiger partial charge in [0.25, 0.3) is 0 Å². The Morgan fingerprint density at radius 1 is 1.38 bits per heavy atom. The number of hydrogen-bond acceptors (Lipinski definition) is 4. The molecular formula is C12H21N3O. The van der Waals surface area contributed by atoms with Crippen LogP contribution in [0.5, 0.6) is 0 Å². The fourth-order valence-electron chi connectivity index (χ4n) is 2.21. The lowest BCUT2D eigenvalue weighted by molar-refractivity contribution is 0.216. The lowest BCUT2D eigenvalue weighted by Gasteiger charge is -2.27. The Hall–Kier alpha value is -0.900. The van der Waals surface area contributed by atoms with E-state index in [1.807, 2.05) is 0 Å². The van der Waals surface area contributed by atoms with Gasteiger partial charge in [-0.05, 0) is 45.3 Å². The maximum Gasteiger partial charge on any atom is 0.226 e. The van der Waals surface area contributed by atoms with Gasteiger partial charge in [0, 0.05) is 12.8 Å². The summed E-state index contributed by atoms with van der Waals surface area (Å²) in [7, 11) is 2.18. The highest BCUT2D eigenvalue weighted by molar-refractivity contribution is 4.89. The van der Waals surface area contributed by atoms with E-state index in [9.17, 15) is 0 Å². The second-order valence-corrected chi connectivity index (χ2v) is 4.81. The molecule has 0 radical (unpaired) electrons. The average Bonchev–Trinajstić information content (AvgIpc) is 2.70. The zero-order chi connectivity index (χ0) is 11.4. The molecule has 1 aromatic heterocycles. The van der Waals surface area contributed by atoms with E-state index in [0.29, 0.717) is 0 Å². The molecule has 4 nitrogen and oxygen atoms in total. The highest BCUT2D eigenvalue weighted by Crippen LogP contribution is 2.19. The lowest BCUT2D eigenvalue weighted by Crippen LogP contribution is -2.31. The molecule has 4 heteroatoms. The van der Waals surface area contributed by atoms with E-state index in [1.165, 1.54) is 25.9 Å². The average molecular weight is 223 g/mol. The van der Waals surface area contributed by atoms with Crippen LogP contribution >= 0.6 is 0 Å². The summed E-state index contributed by atoms with van der Waals surface area (Å²) in [5.41, 5.74) is 0. The first kappa shape index (κ1) is 11.6. The molecule has 90 valence electrons. The molecular weight excluding hydrogens is 202 g/mol. The minimum absolute atomic E-state index is 0.739. The maximum absolute atomic E-state index is 5.20. The highest BCUT2D eigenvalue weighted by atomic mass is 16.5. The number of rotatable bonds is 4. The number of piperidine rings is 1. The molecule has 16 heavy (non-hydrogen) atoms. The van der Waals surface area contributed by atoms with Gasteiger partial charge in [-0.1, -0.05) is 12.1 Å². The van der Waals surface area contributed by atoms with Crippen molar-refractivity contribution >= 4 is 0 Å². The van der Waals surface area contributed by atoms with Crippen LogP contribution in [0.1, 0.15) is 37.9 Å². The largest absolute Gasteiger partial charge is 0.339 e. The van der Waals surface area contributed by atoms with E-state index in [-0.39, 0.29) is 0 Å². The number of hydrogen-bond donors (Lipinski definition) is 0. The van der Waals surface area contributed by atoms with Crippen LogP contribution < -0.4 is 0 Å². The van der Waals surface area contributed by atoms with Crippen molar-refractivity contribution in [3.05, 3.63) is 11.7 Å². The first-order chi connectivity index (χ1) is 7.78. The second kappa shape index (κ2) is 5.43. The number of aromatic nitrogens is 2. The van der Waals surface area contributed by atoms with E-state index >= 15 is 0 Å². The predicted molar refractivity (Wildman–Crippen MR) is 62.2 cm³/mol. The highest BCUT2D eigenvalue weighted by Gasteiger charge is 2.19. The van der Waals surface area contributed by atoms with E-state index in [1.54, 1.807) is 0 Å². The molecule has 0 N–H and O–H groups in total. The van der Waals surface area contributed by atoms with Gasteiger partial charge in [0.2, 0.25) is 5.89 Å². The third kappa shape index (κ3) is 3.04. The van der Waals surface area contributed by atoms with Crippen LogP contribution in [0, 0.1) is 5.92 Å². The van der Waals surface area contributed by atoms with Crippen molar-refractivity contribution < 1.29 is 4.52 Å². The van der Waals surface area contributed by atoms with Gasteiger partial charge < -0.3 is 9.42 Å². The summed E-state index contributed by atoms with van der Waals surface area (Å²) in [6, 6.07) is 0.